The van der Waals surface area contributed by atoms with Crippen molar-refractivity contribution in [1.29, 1.82) is 0 Å². The van der Waals surface area contributed by atoms with Crippen LogP contribution in [0.2, 0.25) is 0 Å². The van der Waals surface area contributed by atoms with E-state index in [9.17, 15) is 23.6 Å². The van der Waals surface area contributed by atoms with Gasteiger partial charge < -0.3 is 67.7 Å². The van der Waals surface area contributed by atoms with Gasteiger partial charge in [-0.3, -0.25) is 9.97 Å². The Morgan fingerprint density at radius 1 is 0.407 bits per heavy atom. The van der Waals surface area contributed by atoms with Crippen molar-refractivity contribution in [2.24, 2.45) is 28.2 Å². The summed E-state index contributed by atoms with van der Waals surface area (Å²) in [5, 5.41) is 25.5. The normalized spacial score (nSPS) is 15.2. The second-order valence-corrected chi connectivity index (χ2v) is 44.2. The molecule has 0 spiro atoms. The highest BCUT2D eigenvalue weighted by Crippen LogP contribution is 2.43. The lowest BCUT2D eigenvalue weighted by Crippen LogP contribution is -2.15. The summed E-state index contributed by atoms with van der Waals surface area (Å²) in [5.74, 6) is 6.79. The van der Waals surface area contributed by atoms with Crippen LogP contribution in [0.5, 0.6) is 35.0 Å². The molecule has 1 saturated heterocycles. The summed E-state index contributed by atoms with van der Waals surface area (Å²) in [7, 11) is 10.9. The molecule has 2 N–H and O–H groups in total. The van der Waals surface area contributed by atoms with Crippen molar-refractivity contribution in [2.75, 3.05) is 90.8 Å². The molecule has 12 aromatic rings. The van der Waals surface area contributed by atoms with E-state index in [4.69, 9.17) is 73.1 Å². The molecule has 4 aliphatic heterocycles. The largest absolute Gasteiger partial charge is 0.496 e. The maximum absolute atomic E-state index is 14.9. The third-order valence-corrected chi connectivity index (χ3v) is 30.0. The molecule has 0 saturated carbocycles. The summed E-state index contributed by atoms with van der Waals surface area (Å²) < 4.78 is 69.9. The fourth-order valence-corrected chi connectivity index (χ4v) is 21.7. The number of Topliss-reactive ketones (excluding diaryl/α,β-unsaturated/α-hetero) is 4. The Balaban J connectivity index is 0.000000150. The van der Waals surface area contributed by atoms with Crippen molar-refractivity contribution in [1.82, 2.24) is 59.1 Å². The number of pyridine rings is 4. The minimum Gasteiger partial charge on any atom is -0.496 e. The van der Waals surface area contributed by atoms with Crippen molar-refractivity contribution < 1.29 is 61.5 Å². The molecule has 6 aliphatic rings. The zero-order chi connectivity index (χ0) is 106. The van der Waals surface area contributed by atoms with Gasteiger partial charge in [0, 0.05) is 169 Å². The van der Waals surface area contributed by atoms with Crippen LogP contribution in [0.4, 0.5) is 16.0 Å². The molecule has 4 aromatic carbocycles. The van der Waals surface area contributed by atoms with Crippen LogP contribution in [0.15, 0.2) is 156 Å². The number of aryl methyl sites for hydroxylation is 10. The second kappa shape index (κ2) is 53.0. The Kier molecular flexibility index (Phi) is 39.4. The number of ether oxygens (including phenoxy) is 8. The Labute approximate surface area is 893 Å². The number of carbonyl (C=O) groups is 4. The van der Waals surface area contributed by atoms with Crippen LogP contribution in [0.3, 0.4) is 0 Å². The molecule has 18 rings (SSSR count). The Bertz CT molecular complexity index is 6460. The summed E-state index contributed by atoms with van der Waals surface area (Å²) in [6, 6.07) is 49.6. The second-order valence-electron chi connectivity index (χ2n) is 43.3. The Hall–Kier alpha value is -12.5. The van der Waals surface area contributed by atoms with Crippen molar-refractivity contribution in [2.45, 2.75) is 283 Å². The molecule has 28 heteroatoms. The SMILES string of the molecule is CC(=O)CC(Cc1cc(OCCc2ccc3c(n2)NCCC3)n(C)n1)c1cc(C(C)(C)C)ccc1Br.CC(=O)CC(Cc1cc(OCCc2ccc3c(n2)NCCC3)n(C)n1)c1cc(C(C)(C)C)ccc1F.COc1ccc(C2=CCOCC2)cc1C(CC(C)=O)Cc1cc(OCCc2ccc3c(n2)CCCC3)n(C)n1.COc1ccc(C2CCOCC2)cc1C(CC(C)=O)Cc1cc(OCCc2ccc3c(n2)CCCC3)n(C)n1. The fourth-order valence-electron chi connectivity index (χ4n) is 21.2. The molecule has 4 unspecified atom stereocenters. The smallest absolute Gasteiger partial charge is 0.211 e. The van der Waals surface area contributed by atoms with E-state index in [2.05, 4.69) is 176 Å². The molecule has 12 heterocycles. The highest BCUT2D eigenvalue weighted by molar-refractivity contribution is 9.10. The first-order valence-electron chi connectivity index (χ1n) is 54.0. The number of fused-ring (bicyclic) bond motifs is 4. The van der Waals surface area contributed by atoms with Gasteiger partial charge in [-0.25, -0.2) is 33.1 Å². The first kappa shape index (κ1) is 112. The highest BCUT2D eigenvalue weighted by atomic mass is 79.9. The number of halogens is 2. The number of ketones is 4. The van der Waals surface area contributed by atoms with Crippen molar-refractivity contribution in [3.05, 3.63) is 286 Å². The lowest BCUT2D eigenvalue weighted by Gasteiger charge is -2.25. The summed E-state index contributed by atoms with van der Waals surface area (Å²) in [6.07, 6.45) is 25.8. The number of hydrogen-bond acceptors (Lipinski definition) is 22. The molecule has 2 aliphatic carbocycles. The maximum atomic E-state index is 14.9. The third kappa shape index (κ3) is 31.4. The summed E-state index contributed by atoms with van der Waals surface area (Å²) in [4.78, 5) is 68.1. The van der Waals surface area contributed by atoms with E-state index in [-0.39, 0.29) is 69.9 Å². The molecule has 0 amide bonds. The average Bonchev–Trinajstić information content (AvgIpc) is 1.75. The lowest BCUT2D eigenvalue weighted by atomic mass is 9.82. The van der Waals surface area contributed by atoms with Gasteiger partial charge in [-0.05, 0) is 317 Å². The van der Waals surface area contributed by atoms with Gasteiger partial charge in [0.15, 0.2) is 0 Å². The van der Waals surface area contributed by atoms with Crippen molar-refractivity contribution in [3.8, 4) is 35.0 Å². The van der Waals surface area contributed by atoms with Crippen LogP contribution in [0.25, 0.3) is 5.57 Å². The van der Waals surface area contributed by atoms with E-state index in [1.54, 1.807) is 60.6 Å². The maximum Gasteiger partial charge on any atom is 0.211 e. The molecule has 26 nitrogen and oxygen atoms in total. The van der Waals surface area contributed by atoms with E-state index in [1.807, 2.05) is 70.7 Å². The minimum absolute atomic E-state index is 0.0278. The monoisotopic (exact) mass is 2110 g/mol. The van der Waals surface area contributed by atoms with E-state index >= 15 is 0 Å². The molecule has 4 atom stereocenters. The van der Waals surface area contributed by atoms with Gasteiger partial charge in [0.25, 0.3) is 0 Å². The summed E-state index contributed by atoms with van der Waals surface area (Å²) in [6.45, 7) is 26.4. The Morgan fingerprint density at radius 3 is 1.20 bits per heavy atom. The predicted molar refractivity (Wildman–Crippen MR) is 591 cm³/mol. The number of carbonyl (C=O) groups excluding carboxylic acids is 4. The molecule has 1 fully saturated rings. The number of methoxy groups -OCH3 is 2. The zero-order valence-corrected chi connectivity index (χ0v) is 92.6. The minimum atomic E-state index is -0.292. The zero-order valence-electron chi connectivity index (χ0n) is 91.0. The number of aromatic nitrogens is 12. The fraction of sp³-hybridized carbons (Fsp3) is 0.492. The standard InChI is InChI=1S/C32H41N3O4.C32H39N3O4.C29H37BrN4O2.C29H37FN4O2/c2*1-22(36)18-26(29-20-25(9-11-31(29)37-3)23-12-15-38-16-13-23)19-28-21-32(35(2)34-28)39-17-14-27-10-8-24-6-4-5-7-30(24)33-27;2*1-19(35)15-21(25-17-22(29(2,3)4)9-11-26(25)30)16-24-18-27(34(5)33-24)36-14-12-23-10-8-20-7-6-13-31-28(20)32-23/h8-11,20-21,23,26H,4-7,12-19H2,1-3H3;8-12,20-21,26H,4-7,13-19H2,1-3H3;2*8-11,17-18,21H,6-7,12-16H2,1-5H3,(H,31,32). The van der Waals surface area contributed by atoms with E-state index in [0.717, 1.165) is 241 Å². The van der Waals surface area contributed by atoms with Crippen LogP contribution < -0.4 is 39.1 Å². The van der Waals surface area contributed by atoms with Crippen LogP contribution in [-0.2, 0) is 158 Å². The van der Waals surface area contributed by atoms with Gasteiger partial charge in [-0.1, -0.05) is 130 Å². The van der Waals surface area contributed by atoms with E-state index in [1.165, 1.54) is 82.1 Å². The number of anilines is 2. The van der Waals surface area contributed by atoms with E-state index < -0.39 is 0 Å². The molecular formula is C122H154BrFN14O12. The molecule has 150 heavy (non-hydrogen) atoms. The van der Waals surface area contributed by atoms with Crippen molar-refractivity contribution >= 4 is 56.3 Å². The number of nitrogens with zero attached hydrogens (tertiary/aromatic N) is 12. The molecule has 8 aromatic heterocycles. The summed E-state index contributed by atoms with van der Waals surface area (Å²) >= 11 is 3.73. The van der Waals surface area contributed by atoms with Crippen LogP contribution in [0, 0.1) is 5.82 Å². The van der Waals surface area contributed by atoms with Gasteiger partial charge >= 0.3 is 0 Å². The number of nitrogens with one attached hydrogen (secondary N) is 2. The first-order valence-corrected chi connectivity index (χ1v) is 54.8. The quantitative estimate of drug-likeness (QED) is 0.0361. The van der Waals surface area contributed by atoms with Gasteiger partial charge in [0.1, 0.15) is 52.1 Å². The first-order chi connectivity index (χ1) is 72.2. The summed E-state index contributed by atoms with van der Waals surface area (Å²) in [5.41, 5.74) is 25.3. The molecule has 798 valence electrons. The van der Waals surface area contributed by atoms with Crippen LogP contribution >= 0.6 is 15.9 Å². The van der Waals surface area contributed by atoms with Gasteiger partial charge in [0.05, 0.1) is 76.6 Å². The lowest BCUT2D eigenvalue weighted by molar-refractivity contribution is -0.118. The van der Waals surface area contributed by atoms with Crippen LogP contribution in [-0.4, -0.2) is 162 Å². The molecule has 0 bridgehead atoms. The number of hydrogen-bond donors (Lipinski definition) is 2. The molecule has 0 radical (unpaired) electrons. The van der Waals surface area contributed by atoms with Gasteiger partial charge in [-0.15, -0.1) is 0 Å². The third-order valence-electron chi connectivity index (χ3n) is 29.3. The average molecular weight is 2110 g/mol. The van der Waals surface area contributed by atoms with E-state index in [0.29, 0.717) is 102 Å². The van der Waals surface area contributed by atoms with Gasteiger partial charge in [0.2, 0.25) is 23.5 Å². The number of rotatable bonds is 40. The van der Waals surface area contributed by atoms with Crippen LogP contribution in [0.1, 0.15) is 306 Å². The van der Waals surface area contributed by atoms with Gasteiger partial charge in [-0.2, -0.15) is 20.4 Å². The highest BCUT2D eigenvalue weighted by Gasteiger charge is 2.31. The topological polar surface area (TPSA) is 289 Å². The predicted octanol–water partition coefficient (Wildman–Crippen LogP) is 22.7. The Morgan fingerprint density at radius 2 is 0.787 bits per heavy atom. The molecular weight excluding hydrogens is 1950 g/mol. The number of benzene rings is 4. The van der Waals surface area contributed by atoms with Crippen molar-refractivity contribution in [3.63, 3.8) is 0 Å².